The molecule has 2 aliphatic carbocycles. The van der Waals surface area contributed by atoms with E-state index in [0.717, 1.165) is 25.9 Å². The first-order chi connectivity index (χ1) is 12.8. The van der Waals surface area contributed by atoms with Crippen molar-refractivity contribution in [3.8, 4) is 0 Å². The molecule has 4 saturated heterocycles. The van der Waals surface area contributed by atoms with E-state index >= 15 is 0 Å². The van der Waals surface area contributed by atoms with Crippen LogP contribution in [-0.2, 0) is 9.47 Å². The zero-order valence-corrected chi connectivity index (χ0v) is 18.0. The van der Waals surface area contributed by atoms with Crippen molar-refractivity contribution in [1.29, 1.82) is 0 Å². The van der Waals surface area contributed by atoms with Crippen LogP contribution in [0.1, 0.15) is 54.4 Å². The molecule has 160 valence electrons. The molecule has 0 aromatic heterocycles. The van der Waals surface area contributed by atoms with Crippen LogP contribution in [0.2, 0.25) is 0 Å². The molecule has 28 heavy (non-hydrogen) atoms. The van der Waals surface area contributed by atoms with Crippen LogP contribution in [0.4, 0.5) is 9.59 Å². The quantitative estimate of drug-likeness (QED) is 0.647. The fourth-order valence-electron chi connectivity index (χ4n) is 4.39. The number of carbonyl (C=O) groups excluding carboxylic acids is 2. The molecule has 0 unspecified atom stereocenters. The van der Waals surface area contributed by atoms with Crippen LogP contribution in [0.3, 0.4) is 0 Å². The summed E-state index contributed by atoms with van der Waals surface area (Å²) in [7, 11) is 0. The molecule has 4 heterocycles. The maximum absolute atomic E-state index is 11.7. The van der Waals surface area contributed by atoms with E-state index in [0.29, 0.717) is 11.8 Å². The number of carbonyl (C=O) groups is 2. The van der Waals surface area contributed by atoms with Gasteiger partial charge < -0.3 is 30.7 Å². The number of rotatable bonds is 0. The molecule has 8 nitrogen and oxygen atoms in total. The largest absolute Gasteiger partial charge is 0.444 e. The number of nitrogens with two attached hydrogens (primary N) is 2. The summed E-state index contributed by atoms with van der Waals surface area (Å²) < 4.78 is 10.6. The minimum Gasteiger partial charge on any atom is -0.444 e. The smallest absolute Gasteiger partial charge is 0.410 e. The Hall–Kier alpha value is -1.54. The molecule has 6 aliphatic rings. The van der Waals surface area contributed by atoms with Crippen molar-refractivity contribution in [2.75, 3.05) is 13.1 Å². The zero-order chi connectivity index (χ0) is 21.0. The number of fused-ring (bicyclic) bond motifs is 2. The van der Waals surface area contributed by atoms with Crippen molar-refractivity contribution in [3.05, 3.63) is 0 Å². The van der Waals surface area contributed by atoms with Gasteiger partial charge in [0.1, 0.15) is 11.2 Å². The first-order valence-electron chi connectivity index (χ1n) is 10.3. The fourth-order valence-corrected chi connectivity index (χ4v) is 4.39. The third-order valence-corrected chi connectivity index (χ3v) is 5.98. The van der Waals surface area contributed by atoms with Gasteiger partial charge in [-0.2, -0.15) is 0 Å². The molecular formula is C20H36N4O4. The van der Waals surface area contributed by atoms with E-state index < -0.39 is 11.2 Å². The monoisotopic (exact) mass is 396 g/mol. The number of hydrogen-bond donors (Lipinski definition) is 2. The summed E-state index contributed by atoms with van der Waals surface area (Å²) in [5.74, 6) is 1.01. The highest BCUT2D eigenvalue weighted by atomic mass is 16.6. The highest BCUT2D eigenvalue weighted by Crippen LogP contribution is 2.41. The summed E-state index contributed by atoms with van der Waals surface area (Å²) in [6.07, 6.45) is 1.69. The highest BCUT2D eigenvalue weighted by molar-refractivity contribution is 5.70. The Kier molecular flexibility index (Phi) is 5.34. The lowest BCUT2D eigenvalue weighted by Gasteiger charge is -2.33. The number of ether oxygens (including phenoxy) is 2. The lowest BCUT2D eigenvalue weighted by molar-refractivity contribution is 0.0224. The summed E-state index contributed by atoms with van der Waals surface area (Å²) in [5, 5.41) is 0. The van der Waals surface area contributed by atoms with Gasteiger partial charge in [0.15, 0.2) is 0 Å². The lowest BCUT2D eigenvalue weighted by atomic mass is 9.81. The average molecular weight is 397 g/mol. The van der Waals surface area contributed by atoms with Gasteiger partial charge in [0.25, 0.3) is 0 Å². The summed E-state index contributed by atoms with van der Waals surface area (Å²) in [6, 6.07) is 0.828. The van der Waals surface area contributed by atoms with Gasteiger partial charge in [0.05, 0.1) is 12.1 Å². The first-order valence-corrected chi connectivity index (χ1v) is 10.3. The third-order valence-electron chi connectivity index (χ3n) is 5.98. The Morgan fingerprint density at radius 2 is 1.07 bits per heavy atom. The first kappa shape index (κ1) is 21.2. The predicted octanol–water partition coefficient (Wildman–Crippen LogP) is 1.91. The van der Waals surface area contributed by atoms with Crippen molar-refractivity contribution in [2.45, 2.75) is 89.8 Å². The summed E-state index contributed by atoms with van der Waals surface area (Å²) in [4.78, 5) is 26.9. The van der Waals surface area contributed by atoms with Gasteiger partial charge in [-0.1, -0.05) is 0 Å². The Bertz CT molecular complexity index is 573. The van der Waals surface area contributed by atoms with Crippen molar-refractivity contribution < 1.29 is 19.1 Å². The van der Waals surface area contributed by atoms with Crippen molar-refractivity contribution in [2.24, 2.45) is 23.3 Å². The molecule has 0 radical (unpaired) electrons. The Balaban J connectivity index is 0.000000161. The SMILES string of the molecule is CC(C)(C)OC(=O)N1C[C@@H]2C[C@H]1[C@@H]2N.CC(C)(C)OC(=O)N1C[C@H]2C[C@@H]1[C@H]2N. The van der Waals surface area contributed by atoms with Gasteiger partial charge >= 0.3 is 12.2 Å². The van der Waals surface area contributed by atoms with E-state index in [-0.39, 0.29) is 36.4 Å². The molecule has 8 heteroatoms. The summed E-state index contributed by atoms with van der Waals surface area (Å²) in [6.45, 7) is 12.8. The van der Waals surface area contributed by atoms with Gasteiger partial charge in [-0.3, -0.25) is 0 Å². The maximum Gasteiger partial charge on any atom is 0.410 e. The van der Waals surface area contributed by atoms with E-state index in [1.165, 1.54) is 0 Å². The van der Waals surface area contributed by atoms with Gasteiger partial charge in [0.2, 0.25) is 0 Å². The molecule has 6 rings (SSSR count). The molecule has 4 bridgehead atoms. The normalized spacial score (nSPS) is 35.4. The Morgan fingerprint density at radius 1 is 0.750 bits per heavy atom. The molecule has 2 amide bonds. The van der Waals surface area contributed by atoms with E-state index in [4.69, 9.17) is 20.9 Å². The predicted molar refractivity (Wildman–Crippen MR) is 106 cm³/mol. The van der Waals surface area contributed by atoms with Crippen LogP contribution in [0.5, 0.6) is 0 Å². The highest BCUT2D eigenvalue weighted by Gasteiger charge is 2.53. The second-order valence-electron chi connectivity index (χ2n) is 10.5. The molecular weight excluding hydrogens is 360 g/mol. The van der Waals surface area contributed by atoms with Crippen molar-refractivity contribution in [1.82, 2.24) is 9.80 Å². The zero-order valence-electron chi connectivity index (χ0n) is 18.0. The van der Waals surface area contributed by atoms with Crippen LogP contribution in [0.15, 0.2) is 0 Å². The van der Waals surface area contributed by atoms with Crippen molar-refractivity contribution in [3.63, 3.8) is 0 Å². The maximum atomic E-state index is 11.7. The molecule has 0 aromatic rings. The molecule has 6 fully saturated rings. The topological polar surface area (TPSA) is 111 Å². The lowest BCUT2D eigenvalue weighted by Crippen LogP contribution is -2.51. The van der Waals surface area contributed by atoms with Gasteiger partial charge in [0, 0.05) is 25.2 Å². The van der Waals surface area contributed by atoms with Crippen LogP contribution in [0.25, 0.3) is 0 Å². The minimum atomic E-state index is -0.409. The van der Waals surface area contributed by atoms with Gasteiger partial charge in [-0.25, -0.2) is 9.59 Å². The number of hydrogen-bond acceptors (Lipinski definition) is 6. The van der Waals surface area contributed by atoms with Crippen LogP contribution in [-0.4, -0.2) is 70.4 Å². The molecule has 0 spiro atoms. The third kappa shape index (κ3) is 4.22. The van der Waals surface area contributed by atoms with Gasteiger partial charge in [-0.15, -0.1) is 0 Å². The summed E-state index contributed by atoms with van der Waals surface area (Å²) in [5.41, 5.74) is 10.9. The number of amides is 2. The van der Waals surface area contributed by atoms with Gasteiger partial charge in [-0.05, 0) is 66.2 Å². The van der Waals surface area contributed by atoms with Crippen molar-refractivity contribution >= 4 is 12.2 Å². The molecule has 2 saturated carbocycles. The molecule has 4 aliphatic heterocycles. The Morgan fingerprint density at radius 3 is 1.25 bits per heavy atom. The molecule has 6 atom stereocenters. The van der Waals surface area contributed by atoms with E-state index in [1.807, 2.05) is 41.5 Å². The van der Waals surface area contributed by atoms with Crippen LogP contribution < -0.4 is 11.5 Å². The second kappa shape index (κ2) is 7.06. The van der Waals surface area contributed by atoms with E-state index in [1.54, 1.807) is 9.80 Å². The molecule has 4 N–H and O–H groups in total. The second-order valence-corrected chi connectivity index (χ2v) is 10.5. The van der Waals surface area contributed by atoms with E-state index in [2.05, 4.69) is 0 Å². The minimum absolute atomic E-state index is 0.183. The fraction of sp³-hybridized carbons (Fsp3) is 0.900. The molecule has 0 aromatic carbocycles. The Labute approximate surface area is 167 Å². The summed E-state index contributed by atoms with van der Waals surface area (Å²) >= 11 is 0. The standard InChI is InChI=1S/2C10H18N2O2/c2*1-10(2,3)14-9(13)12-5-6-4-7(12)8(6)11/h2*6-8H,4-5,11H2,1-3H3/t2*6-,7-,8+/m10/s1. The number of nitrogens with zero attached hydrogens (tertiary/aromatic N) is 2. The van der Waals surface area contributed by atoms with Crippen LogP contribution in [0, 0.1) is 11.8 Å². The average Bonchev–Trinajstić information content (AvgIpc) is 3.27. The van der Waals surface area contributed by atoms with E-state index in [9.17, 15) is 9.59 Å². The van der Waals surface area contributed by atoms with Crippen LogP contribution >= 0.6 is 0 Å².